The van der Waals surface area contributed by atoms with Gasteiger partial charge in [-0.2, -0.15) is 0 Å². The second kappa shape index (κ2) is 5.21. The molecule has 92 valence electrons. The Bertz CT molecular complexity index is 415. The molecule has 3 heteroatoms. The van der Waals surface area contributed by atoms with Gasteiger partial charge in [0, 0.05) is 18.7 Å². The van der Waals surface area contributed by atoms with E-state index < -0.39 is 0 Å². The topological polar surface area (TPSA) is 41.1 Å². The van der Waals surface area contributed by atoms with Crippen LogP contribution in [-0.2, 0) is 11.2 Å². The lowest BCUT2D eigenvalue weighted by Crippen LogP contribution is -2.38. The van der Waals surface area contributed by atoms with Gasteiger partial charge >= 0.3 is 0 Å². The van der Waals surface area contributed by atoms with Gasteiger partial charge in [-0.25, -0.2) is 0 Å². The summed E-state index contributed by atoms with van der Waals surface area (Å²) < 4.78 is 0. The molecule has 17 heavy (non-hydrogen) atoms. The van der Waals surface area contributed by atoms with Crippen LogP contribution in [0, 0.1) is 6.92 Å². The molecule has 1 unspecified atom stereocenters. The Balaban J connectivity index is 1.93. The van der Waals surface area contributed by atoms with E-state index in [2.05, 4.69) is 42.7 Å². The molecule has 0 fully saturated rings. The largest absolute Gasteiger partial charge is 0.373 e. The lowest BCUT2D eigenvalue weighted by atomic mass is 10.1. The van der Waals surface area contributed by atoms with Crippen LogP contribution in [0.4, 0.5) is 5.69 Å². The highest BCUT2D eigenvalue weighted by Crippen LogP contribution is 2.26. The summed E-state index contributed by atoms with van der Waals surface area (Å²) in [5, 5.41) is 6.25. The highest BCUT2D eigenvalue weighted by Gasteiger charge is 2.25. The summed E-state index contributed by atoms with van der Waals surface area (Å²) in [5.41, 5.74) is 3.60. The number of rotatable bonds is 4. The zero-order valence-corrected chi connectivity index (χ0v) is 10.5. The number of fused-ring (bicyclic) bond motifs is 1. The van der Waals surface area contributed by atoms with Gasteiger partial charge < -0.3 is 10.6 Å². The molecule has 0 spiro atoms. The summed E-state index contributed by atoms with van der Waals surface area (Å²) in [4.78, 5) is 11.9. The fourth-order valence-electron chi connectivity index (χ4n) is 2.16. The first-order chi connectivity index (χ1) is 8.20. The highest BCUT2D eigenvalue weighted by atomic mass is 16.2. The average Bonchev–Trinajstić information content (AvgIpc) is 2.72. The maximum absolute atomic E-state index is 11.9. The van der Waals surface area contributed by atoms with Crippen molar-refractivity contribution >= 4 is 11.6 Å². The molecule has 0 aliphatic carbocycles. The summed E-state index contributed by atoms with van der Waals surface area (Å²) in [7, 11) is 0. The Morgan fingerprint density at radius 1 is 1.53 bits per heavy atom. The SMILES string of the molecule is CCCCNC(=O)C1Cc2cc(C)ccc2N1. The Kier molecular flexibility index (Phi) is 3.67. The molecule has 2 N–H and O–H groups in total. The number of aryl methyl sites for hydroxylation is 1. The van der Waals surface area contributed by atoms with Crippen molar-refractivity contribution in [3.8, 4) is 0 Å². The van der Waals surface area contributed by atoms with Crippen molar-refractivity contribution in [3.05, 3.63) is 29.3 Å². The molecule has 1 aliphatic rings. The average molecular weight is 232 g/mol. The molecular weight excluding hydrogens is 212 g/mol. The van der Waals surface area contributed by atoms with Crippen LogP contribution in [0.15, 0.2) is 18.2 Å². The van der Waals surface area contributed by atoms with Gasteiger partial charge in [0.05, 0.1) is 0 Å². The molecular formula is C14H20N2O. The zero-order chi connectivity index (χ0) is 12.3. The van der Waals surface area contributed by atoms with Crippen LogP contribution < -0.4 is 10.6 Å². The van der Waals surface area contributed by atoms with Crippen molar-refractivity contribution in [1.29, 1.82) is 0 Å². The number of unbranched alkanes of at least 4 members (excludes halogenated alkanes) is 1. The number of carbonyl (C=O) groups excluding carboxylic acids is 1. The summed E-state index contributed by atoms with van der Waals surface area (Å²) in [5.74, 6) is 0.118. The Morgan fingerprint density at radius 3 is 3.12 bits per heavy atom. The van der Waals surface area contributed by atoms with Crippen LogP contribution >= 0.6 is 0 Å². The van der Waals surface area contributed by atoms with E-state index in [1.165, 1.54) is 11.1 Å². The first-order valence-corrected chi connectivity index (χ1v) is 6.34. The maximum atomic E-state index is 11.9. The number of carbonyl (C=O) groups is 1. The van der Waals surface area contributed by atoms with Crippen molar-refractivity contribution < 1.29 is 4.79 Å². The number of nitrogens with one attached hydrogen (secondary N) is 2. The Hall–Kier alpha value is -1.51. The van der Waals surface area contributed by atoms with E-state index in [9.17, 15) is 4.79 Å². The van der Waals surface area contributed by atoms with Crippen molar-refractivity contribution in [1.82, 2.24) is 5.32 Å². The summed E-state index contributed by atoms with van der Waals surface area (Å²) >= 11 is 0. The summed E-state index contributed by atoms with van der Waals surface area (Å²) in [6.45, 7) is 4.98. The number of hydrogen-bond donors (Lipinski definition) is 2. The summed E-state index contributed by atoms with van der Waals surface area (Å²) in [6.07, 6.45) is 2.96. The van der Waals surface area contributed by atoms with Crippen molar-refractivity contribution in [2.24, 2.45) is 0 Å². The third kappa shape index (κ3) is 2.78. The van der Waals surface area contributed by atoms with Gasteiger partial charge in [-0.1, -0.05) is 31.0 Å². The van der Waals surface area contributed by atoms with Crippen LogP contribution in [0.5, 0.6) is 0 Å². The van der Waals surface area contributed by atoms with Gasteiger partial charge in [-0.05, 0) is 25.0 Å². The predicted molar refractivity (Wildman–Crippen MR) is 70.2 cm³/mol. The Labute approximate surface area is 103 Å². The molecule has 1 aromatic rings. The fraction of sp³-hybridized carbons (Fsp3) is 0.500. The number of amides is 1. The van der Waals surface area contributed by atoms with Gasteiger partial charge in [0.25, 0.3) is 0 Å². The monoisotopic (exact) mass is 232 g/mol. The first kappa shape index (κ1) is 12.0. The van der Waals surface area contributed by atoms with Gasteiger partial charge in [0.1, 0.15) is 6.04 Å². The number of anilines is 1. The molecule has 2 rings (SSSR count). The van der Waals surface area contributed by atoms with Crippen LogP contribution in [0.25, 0.3) is 0 Å². The molecule has 1 aliphatic heterocycles. The van der Waals surface area contributed by atoms with Gasteiger partial charge in [-0.15, -0.1) is 0 Å². The van der Waals surface area contributed by atoms with Gasteiger partial charge in [0.2, 0.25) is 5.91 Å². The molecule has 1 atom stereocenters. The maximum Gasteiger partial charge on any atom is 0.242 e. The molecule has 1 aromatic carbocycles. The van der Waals surface area contributed by atoms with Crippen LogP contribution in [-0.4, -0.2) is 18.5 Å². The van der Waals surface area contributed by atoms with E-state index >= 15 is 0 Å². The molecule has 0 saturated carbocycles. The number of hydrogen-bond acceptors (Lipinski definition) is 2. The molecule has 0 aromatic heterocycles. The smallest absolute Gasteiger partial charge is 0.242 e. The molecule has 0 saturated heterocycles. The molecule has 1 amide bonds. The third-order valence-electron chi connectivity index (χ3n) is 3.16. The van der Waals surface area contributed by atoms with E-state index in [4.69, 9.17) is 0 Å². The van der Waals surface area contributed by atoms with Crippen molar-refractivity contribution in [2.75, 3.05) is 11.9 Å². The standard InChI is InChI=1S/C14H20N2O/c1-3-4-7-15-14(17)13-9-11-8-10(2)5-6-12(11)16-13/h5-6,8,13,16H,3-4,7,9H2,1-2H3,(H,15,17). The van der Waals surface area contributed by atoms with E-state index in [0.29, 0.717) is 0 Å². The minimum absolute atomic E-state index is 0.0938. The van der Waals surface area contributed by atoms with Crippen LogP contribution in [0.3, 0.4) is 0 Å². The molecule has 1 heterocycles. The van der Waals surface area contributed by atoms with Crippen molar-refractivity contribution in [3.63, 3.8) is 0 Å². The van der Waals surface area contributed by atoms with E-state index in [-0.39, 0.29) is 11.9 Å². The Morgan fingerprint density at radius 2 is 2.35 bits per heavy atom. The lowest BCUT2D eigenvalue weighted by Gasteiger charge is -2.11. The third-order valence-corrected chi connectivity index (χ3v) is 3.16. The minimum Gasteiger partial charge on any atom is -0.373 e. The number of benzene rings is 1. The van der Waals surface area contributed by atoms with Crippen molar-refractivity contribution in [2.45, 2.75) is 39.2 Å². The minimum atomic E-state index is -0.0938. The second-order valence-corrected chi connectivity index (χ2v) is 4.71. The van der Waals surface area contributed by atoms with Gasteiger partial charge in [0.15, 0.2) is 0 Å². The molecule has 0 bridgehead atoms. The highest BCUT2D eigenvalue weighted by molar-refractivity contribution is 5.87. The molecule has 3 nitrogen and oxygen atoms in total. The quantitative estimate of drug-likeness (QED) is 0.782. The normalized spacial score (nSPS) is 17.4. The van der Waals surface area contributed by atoms with E-state index in [1.54, 1.807) is 0 Å². The van der Waals surface area contributed by atoms with E-state index in [1.807, 2.05) is 0 Å². The van der Waals surface area contributed by atoms with E-state index in [0.717, 1.165) is 31.5 Å². The van der Waals surface area contributed by atoms with Crippen LogP contribution in [0.2, 0.25) is 0 Å². The summed E-state index contributed by atoms with van der Waals surface area (Å²) in [6, 6.07) is 6.19. The predicted octanol–water partition coefficient (Wildman–Crippen LogP) is 2.25. The zero-order valence-electron chi connectivity index (χ0n) is 10.5. The second-order valence-electron chi connectivity index (χ2n) is 4.71. The van der Waals surface area contributed by atoms with Crippen LogP contribution in [0.1, 0.15) is 30.9 Å². The lowest BCUT2D eigenvalue weighted by molar-refractivity contribution is -0.121. The first-order valence-electron chi connectivity index (χ1n) is 6.34. The van der Waals surface area contributed by atoms with Gasteiger partial charge in [-0.3, -0.25) is 4.79 Å². The fourth-order valence-corrected chi connectivity index (χ4v) is 2.16. The molecule has 0 radical (unpaired) electrons.